The molecule has 0 saturated carbocycles. The van der Waals surface area contributed by atoms with Crippen molar-refractivity contribution in [3.05, 3.63) is 28.0 Å². The summed E-state index contributed by atoms with van der Waals surface area (Å²) in [6.07, 6.45) is 2.77. The fraction of sp³-hybridized carbons (Fsp3) is 0.385. The van der Waals surface area contributed by atoms with E-state index in [4.69, 9.17) is 0 Å². The number of nitrogens with zero attached hydrogens (tertiary/aromatic N) is 4. The van der Waals surface area contributed by atoms with Crippen LogP contribution >= 0.6 is 34.4 Å². The molecule has 0 aliphatic rings. The zero-order valence-corrected chi connectivity index (χ0v) is 14.6. The van der Waals surface area contributed by atoms with Gasteiger partial charge in [0, 0.05) is 23.9 Å². The van der Waals surface area contributed by atoms with E-state index in [1.165, 1.54) is 11.3 Å². The van der Waals surface area contributed by atoms with Gasteiger partial charge in [-0.25, -0.2) is 4.98 Å². The number of fused-ring (bicyclic) bond motifs is 1. The normalized spacial score (nSPS) is 11.2. The van der Waals surface area contributed by atoms with Crippen molar-refractivity contribution in [1.29, 1.82) is 0 Å². The van der Waals surface area contributed by atoms with E-state index in [1.807, 2.05) is 29.8 Å². The summed E-state index contributed by atoms with van der Waals surface area (Å²) in [6.45, 7) is 4.45. The highest BCUT2D eigenvalue weighted by molar-refractivity contribution is 8.01. The molecule has 1 amide bonds. The molecule has 0 aliphatic heterocycles. The van der Waals surface area contributed by atoms with Gasteiger partial charge in [0.2, 0.25) is 0 Å². The van der Waals surface area contributed by atoms with Gasteiger partial charge in [-0.15, -0.1) is 21.5 Å². The van der Waals surface area contributed by atoms with E-state index in [1.54, 1.807) is 23.1 Å². The number of imidazole rings is 1. The Morgan fingerprint density at radius 3 is 3.05 bits per heavy atom. The van der Waals surface area contributed by atoms with Gasteiger partial charge in [0.25, 0.3) is 5.91 Å². The van der Waals surface area contributed by atoms with Crippen molar-refractivity contribution in [1.82, 2.24) is 24.9 Å². The van der Waals surface area contributed by atoms with E-state index < -0.39 is 0 Å². The van der Waals surface area contributed by atoms with Gasteiger partial charge in [0.1, 0.15) is 10.7 Å². The first-order valence-corrected chi connectivity index (χ1v) is 9.46. The summed E-state index contributed by atoms with van der Waals surface area (Å²) in [5.41, 5.74) is 1.40. The Labute approximate surface area is 140 Å². The number of hydrogen-bond acceptors (Lipinski definition) is 7. The minimum Gasteiger partial charge on any atom is -0.351 e. The van der Waals surface area contributed by atoms with Crippen molar-refractivity contribution in [2.24, 2.45) is 0 Å². The van der Waals surface area contributed by atoms with Gasteiger partial charge < -0.3 is 5.32 Å². The molecule has 3 aromatic rings. The Kier molecular flexibility index (Phi) is 4.74. The number of thiazole rings is 1. The van der Waals surface area contributed by atoms with Gasteiger partial charge in [-0.3, -0.25) is 9.20 Å². The number of thioether (sulfide) groups is 1. The third kappa shape index (κ3) is 3.31. The van der Waals surface area contributed by atoms with Crippen LogP contribution in [0.25, 0.3) is 4.96 Å². The number of amides is 1. The highest BCUT2D eigenvalue weighted by Crippen LogP contribution is 2.22. The van der Waals surface area contributed by atoms with Gasteiger partial charge in [0.15, 0.2) is 9.30 Å². The van der Waals surface area contributed by atoms with E-state index in [9.17, 15) is 4.79 Å². The number of carbonyl (C=O) groups is 1. The summed E-state index contributed by atoms with van der Waals surface area (Å²) < 4.78 is 2.82. The maximum Gasteiger partial charge on any atom is 0.270 e. The summed E-state index contributed by atoms with van der Waals surface area (Å²) in [4.78, 5) is 17.5. The number of aryl methyl sites for hydroxylation is 2. The minimum atomic E-state index is -0.0693. The molecule has 6 nitrogen and oxygen atoms in total. The van der Waals surface area contributed by atoms with E-state index in [0.29, 0.717) is 12.2 Å². The molecule has 0 aliphatic carbocycles. The lowest BCUT2D eigenvalue weighted by Crippen LogP contribution is -2.26. The molecule has 0 bridgehead atoms. The van der Waals surface area contributed by atoms with Gasteiger partial charge in [0.05, 0.1) is 5.69 Å². The predicted molar refractivity (Wildman–Crippen MR) is 90.1 cm³/mol. The van der Waals surface area contributed by atoms with Gasteiger partial charge in [-0.1, -0.05) is 23.1 Å². The number of rotatable bonds is 6. The third-order valence-electron chi connectivity index (χ3n) is 2.99. The van der Waals surface area contributed by atoms with Crippen LogP contribution in [0.15, 0.2) is 15.9 Å². The Morgan fingerprint density at radius 1 is 1.41 bits per heavy atom. The SMILES string of the molecule is Cc1nnc(SCCCNC(=O)c2c(C)nc3sccn23)s1. The standard InChI is InChI=1S/C13H15N5OS3/c1-8-10(18-5-7-20-12(18)15-8)11(19)14-4-3-6-21-13-17-16-9(2)22-13/h5,7H,3-4,6H2,1-2H3,(H,14,19). The van der Waals surface area contributed by atoms with Crippen LogP contribution in [-0.2, 0) is 0 Å². The van der Waals surface area contributed by atoms with Crippen molar-refractivity contribution < 1.29 is 4.79 Å². The van der Waals surface area contributed by atoms with E-state index in [0.717, 1.165) is 32.2 Å². The first kappa shape index (κ1) is 15.4. The Morgan fingerprint density at radius 2 is 2.27 bits per heavy atom. The average molecular weight is 353 g/mol. The number of carbonyl (C=O) groups excluding carboxylic acids is 1. The van der Waals surface area contributed by atoms with E-state index in [-0.39, 0.29) is 5.91 Å². The van der Waals surface area contributed by atoms with Crippen LogP contribution in [0.3, 0.4) is 0 Å². The molecule has 0 aromatic carbocycles. The van der Waals surface area contributed by atoms with Crippen LogP contribution < -0.4 is 5.32 Å². The van der Waals surface area contributed by atoms with Gasteiger partial charge in [-0.05, 0) is 20.3 Å². The summed E-state index contributed by atoms with van der Waals surface area (Å²) in [5, 5.41) is 13.9. The summed E-state index contributed by atoms with van der Waals surface area (Å²) >= 11 is 4.80. The second-order valence-corrected chi connectivity index (χ2v) is 8.04. The van der Waals surface area contributed by atoms with Crippen molar-refractivity contribution in [3.63, 3.8) is 0 Å². The molecule has 1 N–H and O–H groups in total. The maximum absolute atomic E-state index is 12.3. The molecule has 0 spiro atoms. The molecule has 0 atom stereocenters. The Hall–Kier alpha value is -1.45. The molecule has 3 rings (SSSR count). The molecule has 0 radical (unpaired) electrons. The monoisotopic (exact) mass is 353 g/mol. The summed E-state index contributed by atoms with van der Waals surface area (Å²) in [6, 6.07) is 0. The van der Waals surface area contributed by atoms with Crippen LogP contribution in [0.5, 0.6) is 0 Å². The molecular formula is C13H15N5OS3. The van der Waals surface area contributed by atoms with Crippen LogP contribution in [0.1, 0.15) is 27.6 Å². The zero-order valence-electron chi connectivity index (χ0n) is 12.2. The predicted octanol–water partition coefficient (Wildman–Crippen LogP) is 2.78. The lowest BCUT2D eigenvalue weighted by molar-refractivity contribution is 0.0947. The second kappa shape index (κ2) is 6.76. The van der Waals surface area contributed by atoms with Crippen molar-refractivity contribution in [2.75, 3.05) is 12.3 Å². The van der Waals surface area contributed by atoms with Gasteiger partial charge in [-0.2, -0.15) is 0 Å². The molecular weight excluding hydrogens is 338 g/mol. The molecule has 9 heteroatoms. The fourth-order valence-electron chi connectivity index (χ4n) is 2.02. The number of aromatic nitrogens is 4. The molecule has 22 heavy (non-hydrogen) atoms. The van der Waals surface area contributed by atoms with E-state index >= 15 is 0 Å². The zero-order chi connectivity index (χ0) is 15.5. The second-order valence-electron chi connectivity index (χ2n) is 4.65. The topological polar surface area (TPSA) is 72.2 Å². The maximum atomic E-state index is 12.3. The average Bonchev–Trinajstić information content (AvgIpc) is 3.14. The molecule has 3 heterocycles. The van der Waals surface area contributed by atoms with Crippen molar-refractivity contribution in [3.8, 4) is 0 Å². The molecule has 0 unspecified atom stereocenters. The molecule has 116 valence electrons. The lowest BCUT2D eigenvalue weighted by Gasteiger charge is -2.04. The van der Waals surface area contributed by atoms with Crippen LogP contribution in [0, 0.1) is 13.8 Å². The van der Waals surface area contributed by atoms with E-state index in [2.05, 4.69) is 20.5 Å². The Bertz CT molecular complexity index is 791. The first-order chi connectivity index (χ1) is 10.6. The third-order valence-corrected chi connectivity index (χ3v) is 5.81. The lowest BCUT2D eigenvalue weighted by atomic mass is 10.3. The molecule has 0 saturated heterocycles. The highest BCUT2D eigenvalue weighted by Gasteiger charge is 2.16. The Balaban J connectivity index is 1.48. The number of hydrogen-bond donors (Lipinski definition) is 1. The smallest absolute Gasteiger partial charge is 0.270 e. The van der Waals surface area contributed by atoms with Crippen molar-refractivity contribution >= 4 is 45.3 Å². The largest absolute Gasteiger partial charge is 0.351 e. The van der Waals surface area contributed by atoms with Gasteiger partial charge >= 0.3 is 0 Å². The molecule has 0 fully saturated rings. The van der Waals surface area contributed by atoms with Crippen molar-refractivity contribution in [2.45, 2.75) is 24.6 Å². The molecule has 3 aromatic heterocycles. The van der Waals surface area contributed by atoms with Crippen LogP contribution in [-0.4, -0.2) is 37.8 Å². The number of nitrogens with one attached hydrogen (secondary N) is 1. The van der Waals surface area contributed by atoms with Crippen LogP contribution in [0.4, 0.5) is 0 Å². The van der Waals surface area contributed by atoms with Crippen LogP contribution in [0.2, 0.25) is 0 Å². The minimum absolute atomic E-state index is 0.0693. The fourth-order valence-corrected chi connectivity index (χ4v) is 4.61. The first-order valence-electron chi connectivity index (χ1n) is 6.78. The highest BCUT2D eigenvalue weighted by atomic mass is 32.2. The summed E-state index contributed by atoms with van der Waals surface area (Å²) in [7, 11) is 0. The summed E-state index contributed by atoms with van der Waals surface area (Å²) in [5.74, 6) is 0.842. The quantitative estimate of drug-likeness (QED) is 0.545.